The van der Waals surface area contributed by atoms with E-state index >= 15 is 0 Å². The number of methoxy groups -OCH3 is 1. The highest BCUT2D eigenvalue weighted by molar-refractivity contribution is 7.99. The Kier molecular flexibility index (Phi) is 4.87. The molecule has 0 saturated carbocycles. The summed E-state index contributed by atoms with van der Waals surface area (Å²) in [6, 6.07) is 7.60. The largest absolute Gasteiger partial charge is 0.496 e. The number of fused-ring (bicyclic) bond motifs is 1. The van der Waals surface area contributed by atoms with E-state index in [1.807, 2.05) is 24.3 Å². The first-order chi connectivity index (χ1) is 13.1. The summed E-state index contributed by atoms with van der Waals surface area (Å²) in [5.41, 5.74) is 6.67. The van der Waals surface area contributed by atoms with Crippen LogP contribution in [0.15, 0.2) is 41.8 Å². The average Bonchev–Trinajstić information content (AvgIpc) is 3.23. The molecule has 1 fully saturated rings. The third-order valence-electron chi connectivity index (χ3n) is 4.47. The van der Waals surface area contributed by atoms with E-state index in [1.165, 1.54) is 24.4 Å². The van der Waals surface area contributed by atoms with E-state index in [9.17, 15) is 10.2 Å². The maximum Gasteiger partial charge on any atom is 0.167 e. The number of rotatable bonds is 5. The van der Waals surface area contributed by atoms with Crippen LogP contribution in [0.3, 0.4) is 0 Å². The Labute approximate surface area is 159 Å². The number of aromatic nitrogens is 4. The first kappa shape index (κ1) is 18.0. The second-order valence-electron chi connectivity index (χ2n) is 6.09. The summed E-state index contributed by atoms with van der Waals surface area (Å²) in [6.45, 7) is 0. The first-order valence-corrected chi connectivity index (χ1v) is 9.29. The van der Waals surface area contributed by atoms with Gasteiger partial charge in [-0.25, -0.2) is 15.0 Å². The first-order valence-electron chi connectivity index (χ1n) is 8.30. The number of hydrogen-bond acceptors (Lipinski definition) is 9. The van der Waals surface area contributed by atoms with Gasteiger partial charge >= 0.3 is 0 Å². The zero-order valence-electron chi connectivity index (χ0n) is 14.5. The fourth-order valence-corrected chi connectivity index (χ4v) is 4.15. The molecule has 1 aliphatic rings. The van der Waals surface area contributed by atoms with Crippen molar-refractivity contribution in [3.8, 4) is 5.75 Å². The molecule has 3 heterocycles. The van der Waals surface area contributed by atoms with Gasteiger partial charge in [0, 0.05) is 10.6 Å². The van der Waals surface area contributed by atoms with Crippen LogP contribution in [0.2, 0.25) is 0 Å². The van der Waals surface area contributed by atoms with Crippen LogP contribution in [-0.4, -0.2) is 60.9 Å². The minimum atomic E-state index is -1.12. The van der Waals surface area contributed by atoms with Crippen LogP contribution in [0.5, 0.6) is 5.75 Å². The molecule has 0 amide bonds. The third-order valence-corrected chi connectivity index (χ3v) is 5.61. The quantitative estimate of drug-likeness (QED) is 0.543. The van der Waals surface area contributed by atoms with E-state index in [-0.39, 0.29) is 5.82 Å². The number of imidazole rings is 1. The summed E-state index contributed by atoms with van der Waals surface area (Å²) in [7, 11) is 1.61. The highest BCUT2D eigenvalue weighted by atomic mass is 32.2. The van der Waals surface area contributed by atoms with Crippen LogP contribution in [0.1, 0.15) is 6.23 Å². The van der Waals surface area contributed by atoms with E-state index in [4.69, 9.17) is 15.2 Å². The van der Waals surface area contributed by atoms with Gasteiger partial charge in [0.25, 0.3) is 0 Å². The fourth-order valence-electron chi connectivity index (χ4n) is 3.06. The van der Waals surface area contributed by atoms with Gasteiger partial charge in [-0.3, -0.25) is 4.57 Å². The van der Waals surface area contributed by atoms with E-state index < -0.39 is 24.5 Å². The Morgan fingerprint density at radius 2 is 2.04 bits per heavy atom. The highest BCUT2D eigenvalue weighted by Gasteiger charge is 2.44. The van der Waals surface area contributed by atoms with Crippen LogP contribution in [0.25, 0.3) is 11.2 Å². The van der Waals surface area contributed by atoms with Gasteiger partial charge < -0.3 is 25.4 Å². The van der Waals surface area contributed by atoms with Crippen molar-refractivity contribution >= 4 is 28.7 Å². The van der Waals surface area contributed by atoms with Gasteiger partial charge in [0.1, 0.15) is 29.8 Å². The number of aliphatic hydroxyl groups is 2. The average molecular weight is 389 g/mol. The van der Waals surface area contributed by atoms with Crippen molar-refractivity contribution in [2.24, 2.45) is 0 Å². The van der Waals surface area contributed by atoms with Crippen LogP contribution in [0.4, 0.5) is 5.82 Å². The number of nitrogens with two attached hydrogens (primary N) is 1. The zero-order chi connectivity index (χ0) is 19.0. The molecule has 1 aromatic carbocycles. The molecule has 1 unspecified atom stereocenters. The molecule has 2 aromatic heterocycles. The van der Waals surface area contributed by atoms with Crippen molar-refractivity contribution in [1.82, 2.24) is 19.5 Å². The van der Waals surface area contributed by atoms with Crippen LogP contribution in [0, 0.1) is 0 Å². The lowest BCUT2D eigenvalue weighted by Gasteiger charge is -2.16. The Hall–Kier alpha value is -2.40. The van der Waals surface area contributed by atoms with E-state index in [2.05, 4.69) is 15.0 Å². The highest BCUT2D eigenvalue weighted by Crippen LogP contribution is 2.36. The molecule has 4 N–H and O–H groups in total. The molecule has 9 nitrogen and oxygen atoms in total. The molecule has 142 valence electrons. The molecule has 0 radical (unpaired) electrons. The molecule has 27 heavy (non-hydrogen) atoms. The number of para-hydroxylation sites is 1. The predicted octanol–water partition coefficient (Wildman–Crippen LogP) is 0.829. The number of thioether (sulfide) groups is 1. The second-order valence-corrected chi connectivity index (χ2v) is 7.15. The van der Waals surface area contributed by atoms with Crippen molar-refractivity contribution in [3.05, 3.63) is 36.9 Å². The molecule has 1 saturated heterocycles. The van der Waals surface area contributed by atoms with E-state index in [1.54, 1.807) is 11.7 Å². The van der Waals surface area contributed by atoms with Gasteiger partial charge in [0.2, 0.25) is 0 Å². The molecular weight excluding hydrogens is 370 g/mol. The lowest BCUT2D eigenvalue weighted by molar-refractivity contribution is -0.0289. The molecule has 10 heteroatoms. The summed E-state index contributed by atoms with van der Waals surface area (Å²) in [5, 5.41) is 20.9. The van der Waals surface area contributed by atoms with Crippen molar-refractivity contribution < 1.29 is 19.7 Å². The molecule has 1 aliphatic heterocycles. The van der Waals surface area contributed by atoms with Gasteiger partial charge in [-0.2, -0.15) is 0 Å². The molecule has 4 rings (SSSR count). The van der Waals surface area contributed by atoms with Crippen molar-refractivity contribution in [2.45, 2.75) is 29.4 Å². The topological polar surface area (TPSA) is 129 Å². The van der Waals surface area contributed by atoms with Crippen molar-refractivity contribution in [2.75, 3.05) is 18.6 Å². The van der Waals surface area contributed by atoms with Gasteiger partial charge in [0.15, 0.2) is 17.7 Å². The number of hydrogen-bond donors (Lipinski definition) is 3. The molecular formula is C17H19N5O4S. The molecule has 0 aliphatic carbocycles. The van der Waals surface area contributed by atoms with Crippen molar-refractivity contribution in [1.29, 1.82) is 0 Å². The summed E-state index contributed by atoms with van der Waals surface area (Å²) in [5.74, 6) is 1.44. The van der Waals surface area contributed by atoms with Crippen molar-refractivity contribution in [3.63, 3.8) is 0 Å². The summed E-state index contributed by atoms with van der Waals surface area (Å²) in [4.78, 5) is 13.2. The number of nitrogens with zero attached hydrogens (tertiary/aromatic N) is 4. The van der Waals surface area contributed by atoms with Gasteiger partial charge in [-0.05, 0) is 12.1 Å². The van der Waals surface area contributed by atoms with Crippen LogP contribution < -0.4 is 10.5 Å². The van der Waals surface area contributed by atoms with Gasteiger partial charge in [0.05, 0.1) is 19.5 Å². The smallest absolute Gasteiger partial charge is 0.167 e. The molecule has 3 aromatic rings. The van der Waals surface area contributed by atoms with E-state index in [0.717, 1.165) is 10.6 Å². The number of nitrogen functional groups attached to an aromatic ring is 1. The molecule has 0 spiro atoms. The third kappa shape index (κ3) is 3.21. The van der Waals surface area contributed by atoms with Gasteiger partial charge in [-0.15, -0.1) is 11.8 Å². The monoisotopic (exact) mass is 389 g/mol. The SMILES string of the molecule is COc1ccccc1SC[C@H]1OC(n2cnc3c(N)ncnc32)[C@H](O)[C@@H]1O. The van der Waals surface area contributed by atoms with Gasteiger partial charge in [-0.1, -0.05) is 12.1 Å². The Bertz CT molecular complexity index is 952. The second kappa shape index (κ2) is 7.31. The van der Waals surface area contributed by atoms with Crippen LogP contribution >= 0.6 is 11.8 Å². The lowest BCUT2D eigenvalue weighted by atomic mass is 10.1. The number of aliphatic hydroxyl groups excluding tert-OH is 2. The van der Waals surface area contributed by atoms with Crippen LogP contribution in [-0.2, 0) is 4.74 Å². The maximum absolute atomic E-state index is 10.5. The normalized spacial score (nSPS) is 25.1. The lowest BCUT2D eigenvalue weighted by Crippen LogP contribution is -2.32. The predicted molar refractivity (Wildman–Crippen MR) is 99.4 cm³/mol. The number of anilines is 1. The maximum atomic E-state index is 10.5. The number of benzene rings is 1. The standard InChI is InChI=1S/C17H19N5O4S/c1-25-9-4-2-3-5-11(9)27-6-10-13(23)14(24)17(26-10)22-8-21-12-15(18)19-7-20-16(12)22/h2-5,7-8,10,13-14,17,23-24H,6H2,1H3,(H2,18,19,20)/t10-,13-,14-,17?/m1/s1. The minimum absolute atomic E-state index is 0.245. The molecule has 0 bridgehead atoms. The zero-order valence-corrected chi connectivity index (χ0v) is 15.3. The Morgan fingerprint density at radius 3 is 2.85 bits per heavy atom. The summed E-state index contributed by atoms with van der Waals surface area (Å²) < 4.78 is 12.8. The summed E-state index contributed by atoms with van der Waals surface area (Å²) >= 11 is 1.49. The Balaban J connectivity index is 1.53. The Morgan fingerprint density at radius 1 is 1.22 bits per heavy atom. The minimum Gasteiger partial charge on any atom is -0.496 e. The molecule has 4 atom stereocenters. The summed E-state index contributed by atoms with van der Waals surface area (Å²) in [6.07, 6.45) is -0.760. The number of ether oxygens (including phenoxy) is 2. The van der Waals surface area contributed by atoms with E-state index in [0.29, 0.717) is 16.9 Å². The fraction of sp³-hybridized carbons (Fsp3) is 0.353.